The van der Waals surface area contributed by atoms with Gasteiger partial charge in [0.15, 0.2) is 5.78 Å². The zero-order valence-corrected chi connectivity index (χ0v) is 16.3. The van der Waals surface area contributed by atoms with Gasteiger partial charge in [-0.1, -0.05) is 42.5 Å². The lowest BCUT2D eigenvalue weighted by Gasteiger charge is -2.36. The van der Waals surface area contributed by atoms with Crippen molar-refractivity contribution >= 4 is 22.8 Å². The SMILES string of the molecule is O=C1C[C@@H](c2ccccc2)CC2=C1[C@H](c1ccncc1)n1c(nc3ccccc31)N2. The number of anilines is 1. The summed E-state index contributed by atoms with van der Waals surface area (Å²) < 4.78 is 2.16. The van der Waals surface area contributed by atoms with Crippen LogP contribution < -0.4 is 5.32 Å². The third kappa shape index (κ3) is 2.59. The van der Waals surface area contributed by atoms with E-state index in [2.05, 4.69) is 33.1 Å². The Bertz CT molecular complexity index is 1290. The van der Waals surface area contributed by atoms with Crippen molar-refractivity contribution in [2.24, 2.45) is 0 Å². The van der Waals surface area contributed by atoms with E-state index in [0.29, 0.717) is 6.42 Å². The first-order chi connectivity index (χ1) is 14.8. The van der Waals surface area contributed by atoms with Gasteiger partial charge in [-0.25, -0.2) is 4.98 Å². The van der Waals surface area contributed by atoms with Crippen molar-refractivity contribution in [1.82, 2.24) is 14.5 Å². The van der Waals surface area contributed by atoms with Gasteiger partial charge in [0.2, 0.25) is 5.95 Å². The van der Waals surface area contributed by atoms with Crippen LogP contribution in [0.2, 0.25) is 0 Å². The number of hydrogen-bond donors (Lipinski definition) is 1. The van der Waals surface area contributed by atoms with E-state index in [-0.39, 0.29) is 17.7 Å². The molecule has 0 fully saturated rings. The highest BCUT2D eigenvalue weighted by Gasteiger charge is 2.39. The van der Waals surface area contributed by atoms with Crippen LogP contribution in [0.25, 0.3) is 11.0 Å². The quantitative estimate of drug-likeness (QED) is 0.530. The molecular weight excluding hydrogens is 372 g/mol. The molecule has 5 heteroatoms. The normalized spacial score (nSPS) is 20.6. The Hall–Kier alpha value is -3.73. The molecule has 0 saturated carbocycles. The maximum absolute atomic E-state index is 13.5. The van der Waals surface area contributed by atoms with Gasteiger partial charge in [-0.05, 0) is 47.7 Å². The van der Waals surface area contributed by atoms with Crippen LogP contribution in [0, 0.1) is 0 Å². The van der Waals surface area contributed by atoms with E-state index in [1.165, 1.54) is 5.56 Å². The standard InChI is InChI=1S/C25H20N4O/c30-22-15-18(16-6-2-1-3-7-16)14-20-23(22)24(17-10-12-26-13-11-17)29-21-9-5-4-8-19(21)27-25(29)28-20/h1-13,18,24H,14-15H2,(H,27,28)/t18-,24-/m0/s1. The number of aromatic nitrogens is 3. The second-order valence-electron chi connectivity index (χ2n) is 7.93. The van der Waals surface area contributed by atoms with Crippen molar-refractivity contribution < 1.29 is 4.79 Å². The number of benzene rings is 2. The molecular formula is C25H20N4O. The topological polar surface area (TPSA) is 59.8 Å². The minimum Gasteiger partial charge on any atom is -0.329 e. The summed E-state index contributed by atoms with van der Waals surface area (Å²) in [6, 6.07) is 22.2. The first-order valence-corrected chi connectivity index (χ1v) is 10.2. The Morgan fingerprint density at radius 1 is 0.867 bits per heavy atom. The van der Waals surface area contributed by atoms with Crippen LogP contribution in [0.5, 0.6) is 0 Å². The lowest BCUT2D eigenvalue weighted by atomic mass is 9.78. The molecule has 4 aromatic rings. The minimum atomic E-state index is -0.198. The minimum absolute atomic E-state index is 0.180. The summed E-state index contributed by atoms with van der Waals surface area (Å²) in [5.74, 6) is 1.17. The molecule has 0 spiro atoms. The second-order valence-corrected chi connectivity index (χ2v) is 7.93. The number of fused-ring (bicyclic) bond motifs is 3. The number of imidazole rings is 1. The fourth-order valence-corrected chi connectivity index (χ4v) is 4.85. The molecule has 1 aliphatic heterocycles. The molecule has 2 aromatic carbocycles. The number of rotatable bonds is 2. The summed E-state index contributed by atoms with van der Waals surface area (Å²) in [6.45, 7) is 0. The number of carbonyl (C=O) groups excluding carboxylic acids is 1. The lowest BCUT2D eigenvalue weighted by molar-refractivity contribution is -0.116. The van der Waals surface area contributed by atoms with E-state index in [0.717, 1.165) is 40.2 Å². The summed E-state index contributed by atoms with van der Waals surface area (Å²) >= 11 is 0. The average molecular weight is 392 g/mol. The zero-order chi connectivity index (χ0) is 20.1. The molecule has 0 saturated heterocycles. The van der Waals surface area contributed by atoms with Gasteiger partial charge in [-0.2, -0.15) is 0 Å². The number of nitrogens with one attached hydrogen (secondary N) is 1. The summed E-state index contributed by atoms with van der Waals surface area (Å²) in [5, 5.41) is 3.51. The first kappa shape index (κ1) is 17.2. The average Bonchev–Trinajstić information content (AvgIpc) is 3.17. The molecule has 0 amide bonds. The van der Waals surface area contributed by atoms with E-state index in [9.17, 15) is 4.79 Å². The molecule has 1 aliphatic carbocycles. The fourth-order valence-electron chi connectivity index (χ4n) is 4.85. The van der Waals surface area contributed by atoms with Crippen molar-refractivity contribution in [3.63, 3.8) is 0 Å². The summed E-state index contributed by atoms with van der Waals surface area (Å²) in [5.41, 5.74) is 6.04. The van der Waals surface area contributed by atoms with E-state index in [1.54, 1.807) is 12.4 Å². The number of ketones is 1. The van der Waals surface area contributed by atoms with Gasteiger partial charge in [0.1, 0.15) is 0 Å². The van der Waals surface area contributed by atoms with E-state index < -0.39 is 0 Å². The molecule has 2 aliphatic rings. The zero-order valence-electron chi connectivity index (χ0n) is 16.3. The molecule has 6 rings (SSSR count). The van der Waals surface area contributed by atoms with Crippen molar-refractivity contribution in [1.29, 1.82) is 0 Å². The van der Waals surface area contributed by atoms with E-state index in [4.69, 9.17) is 4.98 Å². The number of allylic oxidation sites excluding steroid dienone is 2. The van der Waals surface area contributed by atoms with Gasteiger partial charge >= 0.3 is 0 Å². The highest BCUT2D eigenvalue weighted by molar-refractivity contribution is 6.01. The van der Waals surface area contributed by atoms with Crippen LogP contribution >= 0.6 is 0 Å². The highest BCUT2D eigenvalue weighted by atomic mass is 16.1. The number of Topliss-reactive ketones (excluding diaryl/α,β-unsaturated/α-hetero) is 1. The van der Waals surface area contributed by atoms with Crippen molar-refractivity contribution in [3.05, 3.63) is 102 Å². The van der Waals surface area contributed by atoms with Crippen LogP contribution in [0.4, 0.5) is 5.95 Å². The van der Waals surface area contributed by atoms with Gasteiger partial charge in [0.05, 0.1) is 17.1 Å². The van der Waals surface area contributed by atoms with Crippen LogP contribution in [0.15, 0.2) is 90.4 Å². The Labute approximate surface area is 174 Å². The molecule has 1 N–H and O–H groups in total. The Morgan fingerprint density at radius 3 is 2.47 bits per heavy atom. The Morgan fingerprint density at radius 2 is 1.63 bits per heavy atom. The largest absolute Gasteiger partial charge is 0.329 e. The van der Waals surface area contributed by atoms with Gasteiger partial charge in [0, 0.05) is 30.1 Å². The summed E-state index contributed by atoms with van der Waals surface area (Å²) in [6.07, 6.45) is 4.90. The maximum Gasteiger partial charge on any atom is 0.209 e. The molecule has 0 radical (unpaired) electrons. The summed E-state index contributed by atoms with van der Waals surface area (Å²) in [4.78, 5) is 22.5. The predicted octanol–water partition coefficient (Wildman–Crippen LogP) is 4.85. The first-order valence-electron chi connectivity index (χ1n) is 10.2. The van der Waals surface area contributed by atoms with E-state index in [1.807, 2.05) is 48.5 Å². The van der Waals surface area contributed by atoms with Crippen LogP contribution in [-0.2, 0) is 4.79 Å². The lowest BCUT2D eigenvalue weighted by Crippen LogP contribution is -2.33. The molecule has 30 heavy (non-hydrogen) atoms. The number of carbonyl (C=O) groups is 1. The molecule has 146 valence electrons. The molecule has 2 atom stereocenters. The van der Waals surface area contributed by atoms with Gasteiger partial charge in [0.25, 0.3) is 0 Å². The third-order valence-corrected chi connectivity index (χ3v) is 6.19. The van der Waals surface area contributed by atoms with Crippen LogP contribution in [-0.4, -0.2) is 20.3 Å². The molecule has 0 bridgehead atoms. The predicted molar refractivity (Wildman–Crippen MR) is 116 cm³/mol. The molecule has 3 heterocycles. The molecule has 0 unspecified atom stereocenters. The smallest absolute Gasteiger partial charge is 0.209 e. The second kappa shape index (κ2) is 6.66. The summed E-state index contributed by atoms with van der Waals surface area (Å²) in [7, 11) is 0. The van der Waals surface area contributed by atoms with Gasteiger partial charge < -0.3 is 5.32 Å². The number of pyridine rings is 1. The van der Waals surface area contributed by atoms with Crippen molar-refractivity contribution in [2.45, 2.75) is 24.8 Å². The number of para-hydroxylation sites is 2. The van der Waals surface area contributed by atoms with Crippen LogP contribution in [0.1, 0.15) is 35.9 Å². The van der Waals surface area contributed by atoms with E-state index >= 15 is 0 Å². The Kier molecular flexibility index (Phi) is 3.81. The number of nitrogens with zero attached hydrogens (tertiary/aromatic N) is 3. The van der Waals surface area contributed by atoms with Crippen LogP contribution in [0.3, 0.4) is 0 Å². The monoisotopic (exact) mass is 392 g/mol. The third-order valence-electron chi connectivity index (χ3n) is 6.19. The van der Waals surface area contributed by atoms with Gasteiger partial charge in [-0.15, -0.1) is 0 Å². The van der Waals surface area contributed by atoms with Crippen molar-refractivity contribution in [3.8, 4) is 0 Å². The fraction of sp³-hybridized carbons (Fsp3) is 0.160. The Balaban J connectivity index is 1.54. The molecule has 5 nitrogen and oxygen atoms in total. The van der Waals surface area contributed by atoms with Crippen molar-refractivity contribution in [2.75, 3.05) is 5.32 Å². The maximum atomic E-state index is 13.5. The van der Waals surface area contributed by atoms with Gasteiger partial charge in [-0.3, -0.25) is 14.3 Å². The highest BCUT2D eigenvalue weighted by Crippen LogP contribution is 2.45. The molecule has 2 aromatic heterocycles. The number of hydrogen-bond acceptors (Lipinski definition) is 4.